The summed E-state index contributed by atoms with van der Waals surface area (Å²) in [5.41, 5.74) is 5.77. The summed E-state index contributed by atoms with van der Waals surface area (Å²) in [6.07, 6.45) is 0. The SMILES string of the molecule is Cc1cc(C)c2nc(-n3nc(C)cc3NC(=O)c3cccc(Br)c3)cc(C)c2c1. The molecule has 0 aliphatic rings. The first-order valence-electron chi connectivity index (χ1n) is 9.34. The molecule has 0 unspecified atom stereocenters. The first kappa shape index (κ1) is 19.3. The Kier molecular flexibility index (Phi) is 4.96. The molecule has 2 aromatic carbocycles. The number of nitrogens with one attached hydrogen (secondary N) is 1. The van der Waals surface area contributed by atoms with Crippen LogP contribution in [0, 0.1) is 27.7 Å². The van der Waals surface area contributed by atoms with Crippen LogP contribution in [-0.4, -0.2) is 20.7 Å². The number of nitrogens with zero attached hydrogens (tertiary/aromatic N) is 3. The first-order chi connectivity index (χ1) is 13.8. The molecule has 4 rings (SSSR count). The van der Waals surface area contributed by atoms with Gasteiger partial charge >= 0.3 is 0 Å². The van der Waals surface area contributed by atoms with Gasteiger partial charge in [-0.15, -0.1) is 0 Å². The molecular formula is C23H21BrN4O. The van der Waals surface area contributed by atoms with Gasteiger partial charge in [-0.1, -0.05) is 33.6 Å². The maximum atomic E-state index is 12.7. The van der Waals surface area contributed by atoms with Gasteiger partial charge in [0.05, 0.1) is 11.2 Å². The molecule has 2 heterocycles. The number of hydrogen-bond acceptors (Lipinski definition) is 3. The molecule has 0 atom stereocenters. The fraction of sp³-hybridized carbons (Fsp3) is 0.174. The van der Waals surface area contributed by atoms with E-state index >= 15 is 0 Å². The Morgan fingerprint density at radius 2 is 1.79 bits per heavy atom. The lowest BCUT2D eigenvalue weighted by Gasteiger charge is -2.12. The van der Waals surface area contributed by atoms with E-state index in [0.717, 1.165) is 32.2 Å². The van der Waals surface area contributed by atoms with Crippen molar-refractivity contribution in [2.24, 2.45) is 0 Å². The second-order valence-electron chi connectivity index (χ2n) is 7.32. The summed E-state index contributed by atoms with van der Waals surface area (Å²) in [6.45, 7) is 8.12. The molecule has 4 aromatic rings. The van der Waals surface area contributed by atoms with E-state index in [1.807, 2.05) is 31.2 Å². The number of hydrogen-bond donors (Lipinski definition) is 1. The number of fused-ring (bicyclic) bond motifs is 1. The lowest BCUT2D eigenvalue weighted by Crippen LogP contribution is -2.15. The van der Waals surface area contributed by atoms with Crippen LogP contribution in [0.25, 0.3) is 16.7 Å². The van der Waals surface area contributed by atoms with Crippen molar-refractivity contribution in [1.29, 1.82) is 0 Å². The third kappa shape index (κ3) is 3.80. The minimum absolute atomic E-state index is 0.197. The van der Waals surface area contributed by atoms with E-state index in [-0.39, 0.29) is 5.91 Å². The highest BCUT2D eigenvalue weighted by atomic mass is 79.9. The fourth-order valence-corrected chi connectivity index (χ4v) is 3.92. The predicted molar refractivity (Wildman–Crippen MR) is 120 cm³/mol. The molecule has 0 saturated heterocycles. The Hall–Kier alpha value is -2.99. The molecule has 0 radical (unpaired) electrons. The number of carbonyl (C=O) groups is 1. The Bertz CT molecular complexity index is 1260. The van der Waals surface area contributed by atoms with Gasteiger partial charge in [-0.25, -0.2) is 4.98 Å². The first-order valence-corrected chi connectivity index (χ1v) is 10.1. The normalized spacial score (nSPS) is 11.1. The van der Waals surface area contributed by atoms with Crippen molar-refractivity contribution in [3.63, 3.8) is 0 Å². The Morgan fingerprint density at radius 1 is 1.00 bits per heavy atom. The number of aryl methyl sites for hydroxylation is 4. The van der Waals surface area contributed by atoms with Crippen molar-refractivity contribution in [3.8, 4) is 5.82 Å². The zero-order chi connectivity index (χ0) is 20.7. The summed E-state index contributed by atoms with van der Waals surface area (Å²) in [7, 11) is 0. The molecule has 1 amide bonds. The highest BCUT2D eigenvalue weighted by Crippen LogP contribution is 2.26. The number of aromatic nitrogens is 3. The van der Waals surface area contributed by atoms with Gasteiger partial charge in [-0.2, -0.15) is 9.78 Å². The van der Waals surface area contributed by atoms with Crippen molar-refractivity contribution in [1.82, 2.24) is 14.8 Å². The van der Waals surface area contributed by atoms with Gasteiger partial charge in [-0.05, 0) is 69.2 Å². The predicted octanol–water partition coefficient (Wildman–Crippen LogP) is 5.67. The fourth-order valence-electron chi connectivity index (χ4n) is 3.52. The standard InChI is InChI=1S/C23H21BrN4O/c1-13-8-15(3)22-19(9-13)14(2)10-20(25-22)28-21(11-16(4)27-28)26-23(29)17-6-5-7-18(24)12-17/h5-12H,1-4H3,(H,26,29). The molecule has 2 aromatic heterocycles. The molecule has 1 N–H and O–H groups in total. The van der Waals surface area contributed by atoms with E-state index < -0.39 is 0 Å². The van der Waals surface area contributed by atoms with E-state index in [1.165, 1.54) is 5.56 Å². The van der Waals surface area contributed by atoms with E-state index in [0.29, 0.717) is 17.2 Å². The van der Waals surface area contributed by atoms with Gasteiger partial charge in [0.25, 0.3) is 5.91 Å². The van der Waals surface area contributed by atoms with Gasteiger partial charge in [0.15, 0.2) is 5.82 Å². The molecule has 29 heavy (non-hydrogen) atoms. The topological polar surface area (TPSA) is 59.8 Å². The largest absolute Gasteiger partial charge is 0.306 e. The van der Waals surface area contributed by atoms with E-state index in [9.17, 15) is 4.79 Å². The van der Waals surface area contributed by atoms with Gasteiger partial charge in [0.1, 0.15) is 5.82 Å². The molecule has 0 aliphatic carbocycles. The number of carbonyl (C=O) groups excluding carboxylic acids is 1. The van der Waals surface area contributed by atoms with Crippen LogP contribution in [0.4, 0.5) is 5.82 Å². The summed E-state index contributed by atoms with van der Waals surface area (Å²) in [5.74, 6) is 1.07. The number of amides is 1. The molecule has 146 valence electrons. The maximum absolute atomic E-state index is 12.7. The zero-order valence-electron chi connectivity index (χ0n) is 16.7. The summed E-state index contributed by atoms with van der Waals surface area (Å²) in [4.78, 5) is 17.6. The smallest absolute Gasteiger partial charge is 0.256 e. The van der Waals surface area contributed by atoms with Crippen LogP contribution >= 0.6 is 15.9 Å². The zero-order valence-corrected chi connectivity index (χ0v) is 18.3. The molecule has 0 saturated carbocycles. The highest BCUT2D eigenvalue weighted by Gasteiger charge is 2.15. The number of rotatable bonds is 3. The van der Waals surface area contributed by atoms with Crippen molar-refractivity contribution >= 4 is 38.6 Å². The van der Waals surface area contributed by atoms with Crippen LogP contribution in [0.5, 0.6) is 0 Å². The van der Waals surface area contributed by atoms with E-state index in [2.05, 4.69) is 59.2 Å². The van der Waals surface area contributed by atoms with Crippen molar-refractivity contribution in [2.75, 3.05) is 5.32 Å². The number of anilines is 1. The minimum Gasteiger partial charge on any atom is -0.306 e. The summed E-state index contributed by atoms with van der Waals surface area (Å²) >= 11 is 3.41. The van der Waals surface area contributed by atoms with Crippen molar-refractivity contribution in [3.05, 3.63) is 81.0 Å². The Balaban J connectivity index is 1.78. The van der Waals surface area contributed by atoms with Crippen molar-refractivity contribution in [2.45, 2.75) is 27.7 Å². The second-order valence-corrected chi connectivity index (χ2v) is 8.24. The molecular weight excluding hydrogens is 428 g/mol. The van der Waals surface area contributed by atoms with E-state index in [1.54, 1.807) is 16.8 Å². The summed E-state index contributed by atoms with van der Waals surface area (Å²) in [6, 6.07) is 15.4. The molecule has 0 spiro atoms. The van der Waals surface area contributed by atoms with Crippen LogP contribution in [-0.2, 0) is 0 Å². The quantitative estimate of drug-likeness (QED) is 0.439. The average Bonchev–Trinajstić information content (AvgIpc) is 3.02. The third-order valence-electron chi connectivity index (χ3n) is 4.82. The molecule has 0 bridgehead atoms. The van der Waals surface area contributed by atoms with Crippen LogP contribution in [0.15, 0.2) is 53.0 Å². The summed E-state index contributed by atoms with van der Waals surface area (Å²) < 4.78 is 2.55. The summed E-state index contributed by atoms with van der Waals surface area (Å²) in [5, 5.41) is 8.67. The third-order valence-corrected chi connectivity index (χ3v) is 5.31. The second kappa shape index (κ2) is 7.44. The Morgan fingerprint density at radius 3 is 2.55 bits per heavy atom. The molecule has 5 nitrogen and oxygen atoms in total. The van der Waals surface area contributed by atoms with Crippen LogP contribution in [0.3, 0.4) is 0 Å². The van der Waals surface area contributed by atoms with Crippen molar-refractivity contribution < 1.29 is 4.79 Å². The van der Waals surface area contributed by atoms with E-state index in [4.69, 9.17) is 4.98 Å². The van der Waals surface area contributed by atoms with Crippen LogP contribution < -0.4 is 5.32 Å². The van der Waals surface area contributed by atoms with Crippen LogP contribution in [0.1, 0.15) is 32.7 Å². The number of benzene rings is 2. The lowest BCUT2D eigenvalue weighted by molar-refractivity contribution is 0.102. The average molecular weight is 449 g/mol. The molecule has 6 heteroatoms. The highest BCUT2D eigenvalue weighted by molar-refractivity contribution is 9.10. The molecule has 0 fully saturated rings. The number of pyridine rings is 1. The number of halogens is 1. The Labute approximate surface area is 177 Å². The van der Waals surface area contributed by atoms with Crippen LogP contribution in [0.2, 0.25) is 0 Å². The van der Waals surface area contributed by atoms with Gasteiger partial charge in [0, 0.05) is 21.5 Å². The minimum atomic E-state index is -0.197. The lowest BCUT2D eigenvalue weighted by atomic mass is 10.0. The van der Waals surface area contributed by atoms with Gasteiger partial charge < -0.3 is 5.32 Å². The van der Waals surface area contributed by atoms with Gasteiger partial charge in [0.2, 0.25) is 0 Å². The monoisotopic (exact) mass is 448 g/mol. The molecule has 0 aliphatic heterocycles. The van der Waals surface area contributed by atoms with Gasteiger partial charge in [-0.3, -0.25) is 4.79 Å². The maximum Gasteiger partial charge on any atom is 0.256 e.